The van der Waals surface area contributed by atoms with Crippen LogP contribution in [0.5, 0.6) is 5.75 Å². The fourth-order valence-electron chi connectivity index (χ4n) is 2.16. The van der Waals surface area contributed by atoms with Gasteiger partial charge in [-0.2, -0.15) is 0 Å². The number of fused-ring (bicyclic) bond motifs is 1. The molecule has 0 aliphatic carbocycles. The summed E-state index contributed by atoms with van der Waals surface area (Å²) < 4.78 is 10.7. The fourth-order valence-corrected chi connectivity index (χ4v) is 2.16. The van der Waals surface area contributed by atoms with E-state index in [0.29, 0.717) is 0 Å². The molecule has 0 saturated heterocycles. The van der Waals surface area contributed by atoms with Gasteiger partial charge in [-0.15, -0.1) is 0 Å². The standard InChI is InChI=1S/C17H15NO2/c1-12-3-8-17-15(11-12)16(9-10-20-17)18-13-4-6-14(19-2)7-5-13/h3-11H,1-2H3/p+1. The number of rotatable bonds is 2. The van der Waals surface area contributed by atoms with Crippen LogP contribution in [-0.4, -0.2) is 7.11 Å². The monoisotopic (exact) mass is 266 g/mol. The Morgan fingerprint density at radius 2 is 1.80 bits per heavy atom. The van der Waals surface area contributed by atoms with E-state index in [4.69, 9.17) is 9.15 Å². The lowest BCUT2D eigenvalue weighted by molar-refractivity contribution is -0.401. The van der Waals surface area contributed by atoms with Gasteiger partial charge in [0.25, 0.3) is 0 Å². The highest BCUT2D eigenvalue weighted by atomic mass is 16.5. The van der Waals surface area contributed by atoms with Crippen molar-refractivity contribution in [1.29, 1.82) is 0 Å². The smallest absolute Gasteiger partial charge is 0.218 e. The highest BCUT2D eigenvalue weighted by Crippen LogP contribution is 2.12. The summed E-state index contributed by atoms with van der Waals surface area (Å²) in [6.45, 7) is 2.07. The van der Waals surface area contributed by atoms with Crippen LogP contribution >= 0.6 is 0 Å². The summed E-state index contributed by atoms with van der Waals surface area (Å²) in [7, 11) is 1.66. The Bertz CT molecular complexity index is 801. The van der Waals surface area contributed by atoms with Crippen molar-refractivity contribution in [3.05, 3.63) is 65.7 Å². The molecule has 0 spiro atoms. The number of aryl methyl sites for hydroxylation is 1. The van der Waals surface area contributed by atoms with Crippen molar-refractivity contribution in [1.82, 2.24) is 0 Å². The number of methoxy groups -OCH3 is 1. The summed E-state index contributed by atoms with van der Waals surface area (Å²) >= 11 is 0. The van der Waals surface area contributed by atoms with Crippen molar-refractivity contribution in [2.24, 2.45) is 0 Å². The topological polar surface area (TPSA) is 36.3 Å². The quantitative estimate of drug-likeness (QED) is 0.771. The zero-order chi connectivity index (χ0) is 13.9. The van der Waals surface area contributed by atoms with Gasteiger partial charge in [0.2, 0.25) is 11.0 Å². The molecular weight excluding hydrogens is 250 g/mol. The Balaban J connectivity index is 2.17. The average molecular weight is 266 g/mol. The van der Waals surface area contributed by atoms with Crippen LogP contribution in [0.15, 0.2) is 59.2 Å². The minimum Gasteiger partial charge on any atom is -0.497 e. The third kappa shape index (κ3) is 2.43. The molecule has 1 heterocycles. The number of ether oxygens (including phenoxy) is 1. The lowest BCUT2D eigenvalue weighted by Crippen LogP contribution is -2.70. The minimum absolute atomic E-state index is 0.847. The fraction of sp³-hybridized carbons (Fsp3) is 0.118. The first-order chi connectivity index (χ1) is 9.76. The molecule has 3 rings (SSSR count). The lowest BCUT2D eigenvalue weighted by Gasteiger charge is -1.98. The number of nitrogens with one attached hydrogen (secondary N) is 1. The first kappa shape index (κ1) is 12.5. The van der Waals surface area contributed by atoms with Crippen LogP contribution in [0.4, 0.5) is 5.69 Å². The molecule has 20 heavy (non-hydrogen) atoms. The van der Waals surface area contributed by atoms with Crippen molar-refractivity contribution in [2.45, 2.75) is 6.92 Å². The highest BCUT2D eigenvalue weighted by molar-refractivity contribution is 5.76. The van der Waals surface area contributed by atoms with E-state index < -0.39 is 0 Å². The minimum atomic E-state index is 0.847. The van der Waals surface area contributed by atoms with Gasteiger partial charge in [-0.05, 0) is 31.2 Å². The predicted octanol–water partition coefficient (Wildman–Crippen LogP) is 2.06. The normalized spacial score (nSPS) is 11.8. The summed E-state index contributed by atoms with van der Waals surface area (Å²) in [5.41, 5.74) is 3.09. The number of benzene rings is 2. The van der Waals surface area contributed by atoms with Crippen molar-refractivity contribution in [3.63, 3.8) is 0 Å². The molecule has 0 radical (unpaired) electrons. The molecule has 0 atom stereocenters. The molecule has 2 aromatic carbocycles. The van der Waals surface area contributed by atoms with E-state index in [1.165, 1.54) is 5.56 Å². The number of hydrogen-bond acceptors (Lipinski definition) is 2. The maximum absolute atomic E-state index is 5.52. The zero-order valence-electron chi connectivity index (χ0n) is 11.5. The Hall–Kier alpha value is -2.55. The molecule has 3 heteroatoms. The van der Waals surface area contributed by atoms with Gasteiger partial charge in [0.15, 0.2) is 0 Å². The first-order valence-corrected chi connectivity index (χ1v) is 6.48. The van der Waals surface area contributed by atoms with Gasteiger partial charge in [-0.25, -0.2) is 4.99 Å². The summed E-state index contributed by atoms with van der Waals surface area (Å²) in [5.74, 6) is 0.847. The van der Waals surface area contributed by atoms with Crippen LogP contribution in [0.3, 0.4) is 0 Å². The summed E-state index contributed by atoms with van der Waals surface area (Å²) in [6, 6.07) is 15.9. The van der Waals surface area contributed by atoms with Crippen LogP contribution in [-0.2, 0) is 0 Å². The molecule has 0 aliphatic rings. The van der Waals surface area contributed by atoms with E-state index in [1.54, 1.807) is 13.4 Å². The Morgan fingerprint density at radius 3 is 2.55 bits per heavy atom. The van der Waals surface area contributed by atoms with Crippen molar-refractivity contribution >= 4 is 16.7 Å². The van der Waals surface area contributed by atoms with Crippen molar-refractivity contribution < 1.29 is 14.1 Å². The third-order valence-electron chi connectivity index (χ3n) is 3.22. The van der Waals surface area contributed by atoms with Gasteiger partial charge >= 0.3 is 0 Å². The molecule has 0 amide bonds. The van der Waals surface area contributed by atoms with E-state index in [0.717, 1.165) is 27.8 Å². The van der Waals surface area contributed by atoms with Gasteiger partial charge in [-0.1, -0.05) is 11.6 Å². The van der Waals surface area contributed by atoms with E-state index in [-0.39, 0.29) is 0 Å². The van der Waals surface area contributed by atoms with Crippen molar-refractivity contribution in [2.75, 3.05) is 7.11 Å². The predicted molar refractivity (Wildman–Crippen MR) is 77.7 cm³/mol. The van der Waals surface area contributed by atoms with Gasteiger partial charge < -0.3 is 9.15 Å². The molecule has 3 aromatic rings. The molecule has 0 aliphatic heterocycles. The maximum Gasteiger partial charge on any atom is 0.218 e. The second-order valence-electron chi connectivity index (χ2n) is 4.69. The Morgan fingerprint density at radius 1 is 1.00 bits per heavy atom. The first-order valence-electron chi connectivity index (χ1n) is 6.48. The summed E-state index contributed by atoms with van der Waals surface area (Å²) in [5, 5.41) is 2.10. The second kappa shape index (κ2) is 5.21. The van der Waals surface area contributed by atoms with E-state index >= 15 is 0 Å². The van der Waals surface area contributed by atoms with Gasteiger partial charge in [0.1, 0.15) is 11.3 Å². The van der Waals surface area contributed by atoms with E-state index in [9.17, 15) is 0 Å². The average Bonchev–Trinajstić information content (AvgIpc) is 2.49. The third-order valence-corrected chi connectivity index (χ3v) is 3.22. The van der Waals surface area contributed by atoms with Crippen LogP contribution in [0.2, 0.25) is 0 Å². The van der Waals surface area contributed by atoms with Crippen LogP contribution in [0.1, 0.15) is 5.56 Å². The van der Waals surface area contributed by atoms with Gasteiger partial charge in [0.05, 0.1) is 18.8 Å². The van der Waals surface area contributed by atoms with E-state index in [1.807, 2.05) is 42.5 Å². The largest absolute Gasteiger partial charge is 0.497 e. The molecule has 0 bridgehead atoms. The summed E-state index contributed by atoms with van der Waals surface area (Å²) in [4.78, 5) is 3.41. The lowest BCUT2D eigenvalue weighted by atomic mass is 10.1. The Kier molecular flexibility index (Phi) is 3.25. The molecule has 1 N–H and O–H groups in total. The zero-order valence-corrected chi connectivity index (χ0v) is 11.5. The maximum atomic E-state index is 5.52. The van der Waals surface area contributed by atoms with Crippen molar-refractivity contribution in [3.8, 4) is 5.75 Å². The Labute approximate surface area is 117 Å². The second-order valence-corrected chi connectivity index (χ2v) is 4.69. The highest BCUT2D eigenvalue weighted by Gasteiger charge is 2.04. The molecule has 0 unspecified atom stereocenters. The van der Waals surface area contributed by atoms with Crippen LogP contribution in [0, 0.1) is 6.92 Å². The van der Waals surface area contributed by atoms with Gasteiger partial charge in [-0.3, -0.25) is 0 Å². The molecule has 0 fully saturated rings. The molecule has 100 valence electrons. The SMILES string of the molecule is COc1ccc([NH+]=c2ccoc3ccc(C)cc23)cc1. The van der Waals surface area contributed by atoms with E-state index in [2.05, 4.69) is 18.0 Å². The van der Waals surface area contributed by atoms with Crippen LogP contribution < -0.4 is 15.1 Å². The number of hydrogen-bond donors (Lipinski definition) is 1. The van der Waals surface area contributed by atoms with Crippen LogP contribution in [0.25, 0.3) is 11.0 Å². The molecule has 0 saturated carbocycles. The summed E-state index contributed by atoms with van der Waals surface area (Å²) in [6.07, 6.45) is 1.70. The van der Waals surface area contributed by atoms with Gasteiger partial charge in [0, 0.05) is 18.2 Å². The molecule has 3 nitrogen and oxygen atoms in total. The molecular formula is C17H16NO2+. The molecule has 1 aromatic heterocycles.